The lowest BCUT2D eigenvalue weighted by atomic mass is 9.98. The molecule has 19 heavy (non-hydrogen) atoms. The van der Waals surface area contributed by atoms with Crippen molar-refractivity contribution in [1.29, 1.82) is 0 Å². The van der Waals surface area contributed by atoms with Crippen molar-refractivity contribution in [3.05, 3.63) is 11.8 Å². The predicted molar refractivity (Wildman–Crippen MR) is 78.0 cm³/mol. The number of hydrogen-bond acceptors (Lipinski definition) is 4. The molecule has 0 spiro atoms. The summed E-state index contributed by atoms with van der Waals surface area (Å²) in [5.74, 6) is 3.31. The fourth-order valence-corrected chi connectivity index (χ4v) is 3.05. The number of nitrogens with zero attached hydrogens (tertiary/aromatic N) is 2. The number of ether oxygens (including phenoxy) is 1. The lowest BCUT2D eigenvalue weighted by Gasteiger charge is -2.17. The second-order valence-electron chi connectivity index (χ2n) is 5.09. The van der Waals surface area contributed by atoms with E-state index in [4.69, 9.17) is 16.3 Å². The molecule has 5 heteroatoms. The first-order valence-corrected chi connectivity index (χ1v) is 7.54. The van der Waals surface area contributed by atoms with Gasteiger partial charge in [0.2, 0.25) is 11.8 Å². The smallest absolute Gasteiger partial charge is 0.226 e. The van der Waals surface area contributed by atoms with E-state index in [1.165, 1.54) is 19.3 Å². The molecule has 1 heterocycles. The Morgan fingerprint density at radius 1 is 1.37 bits per heavy atom. The largest absolute Gasteiger partial charge is 0.478 e. The van der Waals surface area contributed by atoms with Crippen LogP contribution < -0.4 is 10.1 Å². The van der Waals surface area contributed by atoms with Crippen molar-refractivity contribution in [3.8, 4) is 5.88 Å². The van der Waals surface area contributed by atoms with Crippen LogP contribution in [0.15, 0.2) is 6.07 Å². The van der Waals surface area contributed by atoms with Crippen LogP contribution in [0.1, 0.15) is 31.9 Å². The molecule has 0 aliphatic heterocycles. The molecule has 2 unspecified atom stereocenters. The third-order valence-electron chi connectivity index (χ3n) is 3.66. The van der Waals surface area contributed by atoms with E-state index in [0.29, 0.717) is 30.3 Å². The highest BCUT2D eigenvalue weighted by atomic mass is 35.5. The first kappa shape index (κ1) is 14.4. The Balaban J connectivity index is 1.95. The molecule has 2 rings (SSSR count). The number of alkyl halides is 1. The number of aryl methyl sites for hydroxylation is 1. The second-order valence-corrected chi connectivity index (χ2v) is 5.40. The first-order valence-electron chi connectivity index (χ1n) is 7.01. The molecule has 1 N–H and O–H groups in total. The van der Waals surface area contributed by atoms with Gasteiger partial charge in [0.1, 0.15) is 0 Å². The Labute approximate surface area is 119 Å². The summed E-state index contributed by atoms with van der Waals surface area (Å²) < 4.78 is 5.43. The zero-order valence-electron chi connectivity index (χ0n) is 11.7. The monoisotopic (exact) mass is 283 g/mol. The molecule has 1 aromatic heterocycles. The van der Waals surface area contributed by atoms with Crippen LogP contribution in [-0.4, -0.2) is 29.0 Å². The van der Waals surface area contributed by atoms with Crippen molar-refractivity contribution < 1.29 is 4.74 Å². The maximum absolute atomic E-state index is 6.00. The molecular formula is C14H22ClN3O. The van der Waals surface area contributed by atoms with Gasteiger partial charge in [-0.15, -0.1) is 11.6 Å². The van der Waals surface area contributed by atoms with Crippen molar-refractivity contribution in [2.75, 3.05) is 24.3 Å². The summed E-state index contributed by atoms with van der Waals surface area (Å²) in [4.78, 5) is 8.75. The molecule has 106 valence electrons. The zero-order chi connectivity index (χ0) is 13.7. The fraction of sp³-hybridized carbons (Fsp3) is 0.714. The van der Waals surface area contributed by atoms with Crippen molar-refractivity contribution in [3.63, 3.8) is 0 Å². The van der Waals surface area contributed by atoms with Gasteiger partial charge in [-0.2, -0.15) is 4.98 Å². The van der Waals surface area contributed by atoms with E-state index >= 15 is 0 Å². The van der Waals surface area contributed by atoms with Gasteiger partial charge in [0, 0.05) is 24.2 Å². The molecule has 0 aromatic carbocycles. The van der Waals surface area contributed by atoms with Crippen LogP contribution in [-0.2, 0) is 0 Å². The van der Waals surface area contributed by atoms with Crippen molar-refractivity contribution >= 4 is 17.5 Å². The molecular weight excluding hydrogens is 262 g/mol. The van der Waals surface area contributed by atoms with Gasteiger partial charge < -0.3 is 10.1 Å². The van der Waals surface area contributed by atoms with Crippen LogP contribution in [0.25, 0.3) is 0 Å². The van der Waals surface area contributed by atoms with E-state index < -0.39 is 0 Å². The van der Waals surface area contributed by atoms with Gasteiger partial charge in [-0.3, -0.25) is 0 Å². The number of rotatable bonds is 6. The Hall–Kier alpha value is -1.03. The van der Waals surface area contributed by atoms with Gasteiger partial charge >= 0.3 is 0 Å². The third kappa shape index (κ3) is 3.96. The van der Waals surface area contributed by atoms with Crippen LogP contribution in [0.4, 0.5) is 5.95 Å². The highest BCUT2D eigenvalue weighted by molar-refractivity contribution is 6.18. The summed E-state index contributed by atoms with van der Waals surface area (Å²) in [6.07, 6.45) is 3.77. The van der Waals surface area contributed by atoms with Gasteiger partial charge in [-0.1, -0.05) is 6.42 Å². The average Bonchev–Trinajstić information content (AvgIpc) is 2.83. The molecule has 4 nitrogen and oxygen atoms in total. The summed E-state index contributed by atoms with van der Waals surface area (Å²) in [5, 5.41) is 3.33. The van der Waals surface area contributed by atoms with E-state index in [9.17, 15) is 0 Å². The predicted octanol–water partition coefficient (Wildman–Crippen LogP) is 3.25. The zero-order valence-corrected chi connectivity index (χ0v) is 12.4. The van der Waals surface area contributed by atoms with Gasteiger partial charge in [0.15, 0.2) is 0 Å². The van der Waals surface area contributed by atoms with Gasteiger partial charge in [0.05, 0.1) is 6.61 Å². The number of nitrogens with one attached hydrogen (secondary N) is 1. The lowest BCUT2D eigenvalue weighted by molar-refractivity contribution is 0.326. The van der Waals surface area contributed by atoms with E-state index in [2.05, 4.69) is 15.3 Å². The lowest BCUT2D eigenvalue weighted by Crippen LogP contribution is -2.20. The Kier molecular flexibility index (Phi) is 5.25. The molecule has 0 radical (unpaired) electrons. The van der Waals surface area contributed by atoms with Crippen LogP contribution in [0, 0.1) is 18.8 Å². The summed E-state index contributed by atoms with van der Waals surface area (Å²) in [7, 11) is 0. The van der Waals surface area contributed by atoms with Gasteiger partial charge in [0.25, 0.3) is 0 Å². The minimum Gasteiger partial charge on any atom is -0.478 e. The molecule has 1 saturated carbocycles. The van der Waals surface area contributed by atoms with Crippen LogP contribution in [0.3, 0.4) is 0 Å². The topological polar surface area (TPSA) is 47.0 Å². The second kappa shape index (κ2) is 6.94. The first-order chi connectivity index (χ1) is 9.22. The van der Waals surface area contributed by atoms with Gasteiger partial charge in [-0.25, -0.2) is 4.98 Å². The molecule has 1 fully saturated rings. The summed E-state index contributed by atoms with van der Waals surface area (Å²) >= 11 is 6.00. The van der Waals surface area contributed by atoms with Crippen molar-refractivity contribution in [2.24, 2.45) is 11.8 Å². The minimum absolute atomic E-state index is 0.618. The minimum atomic E-state index is 0.618. The quantitative estimate of drug-likeness (QED) is 0.814. The van der Waals surface area contributed by atoms with Crippen molar-refractivity contribution in [2.45, 2.75) is 33.1 Å². The van der Waals surface area contributed by atoms with E-state index in [-0.39, 0.29) is 0 Å². The van der Waals surface area contributed by atoms with Crippen LogP contribution >= 0.6 is 11.6 Å². The Morgan fingerprint density at radius 2 is 2.16 bits per heavy atom. The normalized spacial score (nSPS) is 22.5. The molecule has 0 bridgehead atoms. The van der Waals surface area contributed by atoms with E-state index in [0.717, 1.165) is 18.1 Å². The van der Waals surface area contributed by atoms with Crippen LogP contribution in [0.5, 0.6) is 5.88 Å². The Morgan fingerprint density at radius 3 is 2.89 bits per heavy atom. The third-order valence-corrected chi connectivity index (χ3v) is 4.06. The summed E-state index contributed by atoms with van der Waals surface area (Å²) in [6, 6.07) is 1.85. The molecule has 1 aromatic rings. The number of halogens is 1. The number of anilines is 1. The standard InChI is InChI=1S/C14H22ClN3O/c1-3-19-13-7-10(2)17-14(18-13)16-9-12-6-4-5-11(12)8-15/h7,11-12H,3-6,8-9H2,1-2H3,(H,16,17,18). The maximum atomic E-state index is 6.00. The molecule has 1 aliphatic rings. The molecule has 1 aliphatic carbocycles. The molecule has 2 atom stereocenters. The highest BCUT2D eigenvalue weighted by Gasteiger charge is 2.26. The van der Waals surface area contributed by atoms with E-state index in [1.54, 1.807) is 0 Å². The highest BCUT2D eigenvalue weighted by Crippen LogP contribution is 2.32. The molecule has 0 saturated heterocycles. The van der Waals surface area contributed by atoms with E-state index in [1.807, 2.05) is 19.9 Å². The number of aromatic nitrogens is 2. The van der Waals surface area contributed by atoms with Crippen LogP contribution in [0.2, 0.25) is 0 Å². The SMILES string of the molecule is CCOc1cc(C)nc(NCC2CCCC2CCl)n1. The maximum Gasteiger partial charge on any atom is 0.226 e. The van der Waals surface area contributed by atoms with Gasteiger partial charge in [-0.05, 0) is 38.5 Å². The van der Waals surface area contributed by atoms with Crippen molar-refractivity contribution in [1.82, 2.24) is 9.97 Å². The summed E-state index contributed by atoms with van der Waals surface area (Å²) in [5.41, 5.74) is 0.918. The summed E-state index contributed by atoms with van der Waals surface area (Å²) in [6.45, 7) is 5.42. The Bertz CT molecular complexity index is 414. The fourth-order valence-electron chi connectivity index (χ4n) is 2.65. The number of hydrogen-bond donors (Lipinski definition) is 1. The molecule has 0 amide bonds. The average molecular weight is 284 g/mol.